The van der Waals surface area contributed by atoms with E-state index < -0.39 is 0 Å². The van der Waals surface area contributed by atoms with E-state index in [4.69, 9.17) is 4.74 Å². The van der Waals surface area contributed by atoms with Gasteiger partial charge in [-0.05, 0) is 55.5 Å². The summed E-state index contributed by atoms with van der Waals surface area (Å²) in [6.07, 6.45) is 2.18. The first-order valence-electron chi connectivity index (χ1n) is 9.46. The predicted molar refractivity (Wildman–Crippen MR) is 107 cm³/mol. The second-order valence-electron chi connectivity index (χ2n) is 7.22. The molecule has 1 N–H and O–H groups in total. The van der Waals surface area contributed by atoms with Crippen molar-refractivity contribution in [3.05, 3.63) is 70.3 Å². The Morgan fingerprint density at radius 2 is 1.93 bits per heavy atom. The normalized spacial score (nSPS) is 14.6. The van der Waals surface area contributed by atoms with Crippen molar-refractivity contribution in [2.24, 2.45) is 5.92 Å². The van der Waals surface area contributed by atoms with Crippen molar-refractivity contribution in [1.82, 2.24) is 14.9 Å². The van der Waals surface area contributed by atoms with E-state index >= 15 is 0 Å². The Hall–Kier alpha value is -3.15. The number of hydrogen-bond donors (Lipinski definition) is 1. The van der Waals surface area contributed by atoms with Crippen LogP contribution in [0.4, 0.5) is 0 Å². The summed E-state index contributed by atoms with van der Waals surface area (Å²) in [4.78, 5) is 30.0. The van der Waals surface area contributed by atoms with Crippen molar-refractivity contribution in [3.8, 4) is 5.75 Å². The van der Waals surface area contributed by atoms with Gasteiger partial charge < -0.3 is 10.1 Å². The van der Waals surface area contributed by atoms with Crippen LogP contribution in [-0.2, 0) is 11.3 Å². The Labute approximate surface area is 163 Å². The van der Waals surface area contributed by atoms with Crippen LogP contribution in [-0.4, -0.2) is 22.6 Å². The third-order valence-electron chi connectivity index (χ3n) is 5.24. The van der Waals surface area contributed by atoms with Crippen molar-refractivity contribution in [1.29, 1.82) is 0 Å². The predicted octanol–water partition coefficient (Wildman–Crippen LogP) is 2.98. The van der Waals surface area contributed by atoms with Gasteiger partial charge in [0.1, 0.15) is 18.1 Å². The molecule has 2 aromatic carbocycles. The molecule has 1 atom stereocenters. The van der Waals surface area contributed by atoms with Crippen molar-refractivity contribution in [2.45, 2.75) is 32.4 Å². The first-order chi connectivity index (χ1) is 13.6. The smallest absolute Gasteiger partial charge is 0.261 e. The third kappa shape index (κ3) is 3.63. The summed E-state index contributed by atoms with van der Waals surface area (Å²) in [5.74, 6) is 1.57. The highest BCUT2D eigenvalue weighted by molar-refractivity contribution is 5.79. The first-order valence-corrected chi connectivity index (χ1v) is 9.46. The summed E-state index contributed by atoms with van der Waals surface area (Å²) in [5.41, 5.74) is 1.51. The maximum atomic E-state index is 12.8. The Morgan fingerprint density at radius 3 is 2.61 bits per heavy atom. The van der Waals surface area contributed by atoms with Crippen LogP contribution in [0.5, 0.6) is 5.75 Å². The fourth-order valence-electron chi connectivity index (χ4n) is 3.54. The molecule has 1 saturated carbocycles. The molecule has 0 spiro atoms. The van der Waals surface area contributed by atoms with Crippen molar-refractivity contribution in [2.75, 3.05) is 7.11 Å². The standard InChI is InChI=1S/C22H23N3O3/c1-14-23-19-6-4-3-5-18(19)22(27)25(14)13-20(26)24-21(15-7-8-15)16-9-11-17(28-2)12-10-16/h3-6,9-12,15,21H,7-8,13H2,1-2H3,(H,24,26). The molecule has 4 rings (SSSR count). The lowest BCUT2D eigenvalue weighted by atomic mass is 10.0. The minimum atomic E-state index is -0.189. The third-order valence-corrected chi connectivity index (χ3v) is 5.24. The minimum absolute atomic E-state index is 0.0398. The van der Waals surface area contributed by atoms with Crippen LogP contribution in [0.3, 0.4) is 0 Å². The zero-order valence-corrected chi connectivity index (χ0v) is 16.0. The molecule has 144 valence electrons. The van der Waals surface area contributed by atoms with Gasteiger partial charge in [0.25, 0.3) is 5.56 Å². The Balaban J connectivity index is 1.56. The summed E-state index contributed by atoms with van der Waals surface area (Å²) in [7, 11) is 1.63. The van der Waals surface area contributed by atoms with Crippen molar-refractivity contribution < 1.29 is 9.53 Å². The molecule has 1 heterocycles. The van der Waals surface area contributed by atoms with Crippen LogP contribution in [0.15, 0.2) is 53.3 Å². The molecule has 0 aliphatic heterocycles. The van der Waals surface area contributed by atoms with Crippen LogP contribution in [0.1, 0.15) is 30.3 Å². The van der Waals surface area contributed by atoms with Gasteiger partial charge in [-0.2, -0.15) is 0 Å². The average molecular weight is 377 g/mol. The zero-order valence-electron chi connectivity index (χ0n) is 16.0. The summed E-state index contributed by atoms with van der Waals surface area (Å²) in [5, 5.41) is 3.64. The SMILES string of the molecule is COc1ccc(C(NC(=O)Cn2c(C)nc3ccccc3c2=O)C2CC2)cc1. The molecule has 0 saturated heterocycles. The largest absolute Gasteiger partial charge is 0.497 e. The van der Waals surface area contributed by atoms with Gasteiger partial charge >= 0.3 is 0 Å². The summed E-state index contributed by atoms with van der Waals surface area (Å²) in [6.45, 7) is 1.71. The van der Waals surface area contributed by atoms with Gasteiger partial charge in [0.15, 0.2) is 0 Å². The van der Waals surface area contributed by atoms with E-state index in [1.54, 1.807) is 32.2 Å². The monoisotopic (exact) mass is 377 g/mol. The number of aryl methyl sites for hydroxylation is 1. The fourth-order valence-corrected chi connectivity index (χ4v) is 3.54. The maximum absolute atomic E-state index is 12.8. The van der Waals surface area contributed by atoms with E-state index in [9.17, 15) is 9.59 Å². The molecule has 28 heavy (non-hydrogen) atoms. The number of nitrogens with one attached hydrogen (secondary N) is 1. The highest BCUT2D eigenvalue weighted by atomic mass is 16.5. The van der Waals surface area contributed by atoms with Gasteiger partial charge in [-0.3, -0.25) is 14.2 Å². The summed E-state index contributed by atoms with van der Waals surface area (Å²) < 4.78 is 6.65. The number of aromatic nitrogens is 2. The molecule has 1 unspecified atom stereocenters. The number of rotatable bonds is 6. The lowest BCUT2D eigenvalue weighted by Gasteiger charge is -2.20. The van der Waals surface area contributed by atoms with E-state index in [1.165, 1.54) is 4.57 Å². The summed E-state index contributed by atoms with van der Waals surface area (Å²) in [6, 6.07) is 14.9. The van der Waals surface area contributed by atoms with Crippen molar-refractivity contribution >= 4 is 16.8 Å². The number of fused-ring (bicyclic) bond motifs is 1. The Morgan fingerprint density at radius 1 is 1.21 bits per heavy atom. The molecule has 0 bridgehead atoms. The lowest BCUT2D eigenvalue weighted by molar-refractivity contribution is -0.122. The van der Waals surface area contributed by atoms with Crippen LogP contribution in [0.2, 0.25) is 0 Å². The summed E-state index contributed by atoms with van der Waals surface area (Å²) >= 11 is 0. The number of carbonyl (C=O) groups is 1. The quantitative estimate of drug-likeness (QED) is 0.717. The van der Waals surface area contributed by atoms with Crippen LogP contribution >= 0.6 is 0 Å². The lowest BCUT2D eigenvalue weighted by Crippen LogP contribution is -2.36. The zero-order chi connectivity index (χ0) is 19.7. The highest BCUT2D eigenvalue weighted by Gasteiger charge is 2.33. The molecule has 1 aromatic heterocycles. The maximum Gasteiger partial charge on any atom is 0.261 e. The van der Waals surface area contributed by atoms with Crippen LogP contribution in [0.25, 0.3) is 10.9 Å². The van der Waals surface area contributed by atoms with Gasteiger partial charge in [-0.25, -0.2) is 4.98 Å². The molecule has 1 aliphatic rings. The van der Waals surface area contributed by atoms with Crippen molar-refractivity contribution in [3.63, 3.8) is 0 Å². The van der Waals surface area contributed by atoms with E-state index in [1.807, 2.05) is 30.3 Å². The first kappa shape index (κ1) is 18.2. The van der Waals surface area contributed by atoms with Gasteiger partial charge in [-0.15, -0.1) is 0 Å². The molecular weight excluding hydrogens is 354 g/mol. The number of methoxy groups -OCH3 is 1. The molecule has 1 fully saturated rings. The molecule has 6 nitrogen and oxygen atoms in total. The number of para-hydroxylation sites is 1. The number of benzene rings is 2. The minimum Gasteiger partial charge on any atom is -0.497 e. The Bertz CT molecular complexity index is 1070. The topological polar surface area (TPSA) is 73.2 Å². The molecular formula is C22H23N3O3. The van der Waals surface area contributed by atoms with E-state index in [-0.39, 0.29) is 24.1 Å². The van der Waals surface area contributed by atoms with E-state index in [0.29, 0.717) is 22.6 Å². The van der Waals surface area contributed by atoms with Gasteiger partial charge in [0, 0.05) is 0 Å². The Kier molecular flexibility index (Phi) is 4.86. The second kappa shape index (κ2) is 7.46. The average Bonchev–Trinajstić information content (AvgIpc) is 3.55. The molecule has 1 amide bonds. The van der Waals surface area contributed by atoms with Crippen LogP contribution < -0.4 is 15.6 Å². The number of nitrogens with zero attached hydrogens (tertiary/aromatic N) is 2. The number of hydrogen-bond acceptors (Lipinski definition) is 4. The van der Waals surface area contributed by atoms with E-state index in [0.717, 1.165) is 24.2 Å². The molecule has 0 radical (unpaired) electrons. The van der Waals surface area contributed by atoms with Crippen LogP contribution in [0, 0.1) is 12.8 Å². The molecule has 1 aliphatic carbocycles. The highest BCUT2D eigenvalue weighted by Crippen LogP contribution is 2.41. The molecule has 6 heteroatoms. The van der Waals surface area contributed by atoms with Gasteiger partial charge in [0.05, 0.1) is 24.1 Å². The molecule has 3 aromatic rings. The number of amides is 1. The van der Waals surface area contributed by atoms with Gasteiger partial charge in [-0.1, -0.05) is 24.3 Å². The van der Waals surface area contributed by atoms with E-state index in [2.05, 4.69) is 10.3 Å². The number of ether oxygens (including phenoxy) is 1. The second-order valence-corrected chi connectivity index (χ2v) is 7.22. The number of carbonyl (C=O) groups excluding carboxylic acids is 1. The van der Waals surface area contributed by atoms with Gasteiger partial charge in [0.2, 0.25) is 5.91 Å². The fraction of sp³-hybridized carbons (Fsp3) is 0.318.